The number of amides is 3. The maximum Gasteiger partial charge on any atom is 0.331 e. The number of rotatable bonds is 3. The number of urea groups is 1. The highest BCUT2D eigenvalue weighted by molar-refractivity contribution is 9.10. The van der Waals surface area contributed by atoms with Gasteiger partial charge in [0.15, 0.2) is 0 Å². The Balaban J connectivity index is 1.57. The van der Waals surface area contributed by atoms with E-state index in [2.05, 4.69) is 36.9 Å². The van der Waals surface area contributed by atoms with Gasteiger partial charge in [0.25, 0.3) is 5.91 Å². The second-order valence-electron chi connectivity index (χ2n) is 7.08. The molecule has 3 N–H and O–H groups in total. The van der Waals surface area contributed by atoms with Crippen LogP contribution >= 0.6 is 27.3 Å². The van der Waals surface area contributed by atoms with E-state index in [-0.39, 0.29) is 18.0 Å². The lowest BCUT2D eigenvalue weighted by Gasteiger charge is -2.28. The monoisotopic (exact) mass is 471 g/mol. The molecule has 0 radical (unpaired) electrons. The van der Waals surface area contributed by atoms with Crippen LogP contribution in [-0.4, -0.2) is 36.1 Å². The smallest absolute Gasteiger partial charge is 0.331 e. The minimum atomic E-state index is -0.296. The molecule has 2 aliphatic heterocycles. The van der Waals surface area contributed by atoms with Crippen molar-refractivity contribution < 1.29 is 9.59 Å². The molecular formula is C20H18BrN5O2S. The molecule has 4 heterocycles. The molecule has 1 atom stereocenters. The van der Waals surface area contributed by atoms with E-state index in [1.165, 1.54) is 11.3 Å². The van der Waals surface area contributed by atoms with Gasteiger partial charge in [-0.15, -0.1) is 11.3 Å². The first kappa shape index (κ1) is 18.5. The minimum Gasteiger partial charge on any atom is -0.347 e. The Kier molecular flexibility index (Phi) is 4.73. The Hall–Kier alpha value is -2.49. The number of aromatic nitrogens is 1. The summed E-state index contributed by atoms with van der Waals surface area (Å²) >= 11 is 4.77. The lowest BCUT2D eigenvalue weighted by Crippen LogP contribution is -2.45. The molecular weight excluding hydrogens is 454 g/mol. The highest BCUT2D eigenvalue weighted by atomic mass is 79.9. The van der Waals surface area contributed by atoms with Gasteiger partial charge in [0.05, 0.1) is 22.4 Å². The summed E-state index contributed by atoms with van der Waals surface area (Å²) in [6, 6.07) is 9.15. The quantitative estimate of drug-likeness (QED) is 0.533. The third-order valence-electron chi connectivity index (χ3n) is 5.15. The summed E-state index contributed by atoms with van der Waals surface area (Å²) in [5, 5.41) is 10.1. The maximum absolute atomic E-state index is 13.0. The fourth-order valence-corrected chi connectivity index (χ4v) is 5.25. The third-order valence-corrected chi connectivity index (χ3v) is 6.74. The number of carbonyl (C=O) groups excluding carboxylic acids is 2. The van der Waals surface area contributed by atoms with E-state index in [0.717, 1.165) is 52.0 Å². The van der Waals surface area contributed by atoms with Crippen LogP contribution < -0.4 is 20.9 Å². The normalized spacial score (nSPS) is 18.6. The average molecular weight is 472 g/mol. The van der Waals surface area contributed by atoms with Gasteiger partial charge in [0.2, 0.25) is 0 Å². The summed E-state index contributed by atoms with van der Waals surface area (Å²) in [5.41, 5.74) is 2.01. The first-order valence-corrected chi connectivity index (χ1v) is 11.0. The molecule has 1 unspecified atom stereocenters. The topological polar surface area (TPSA) is 86.4 Å². The van der Waals surface area contributed by atoms with Gasteiger partial charge in [-0.3, -0.25) is 9.69 Å². The van der Waals surface area contributed by atoms with E-state index in [1.54, 1.807) is 11.1 Å². The van der Waals surface area contributed by atoms with Gasteiger partial charge in [0.1, 0.15) is 9.71 Å². The van der Waals surface area contributed by atoms with Crippen LogP contribution in [0.15, 0.2) is 41.0 Å². The van der Waals surface area contributed by atoms with Gasteiger partial charge >= 0.3 is 6.03 Å². The van der Waals surface area contributed by atoms with Gasteiger partial charge < -0.3 is 16.0 Å². The fraction of sp³-hybridized carbons (Fsp3) is 0.250. The third kappa shape index (κ3) is 3.29. The predicted octanol–water partition coefficient (Wildman–Crippen LogP) is 4.22. The number of pyridine rings is 1. The molecule has 5 rings (SSSR count). The first-order valence-electron chi connectivity index (χ1n) is 9.41. The van der Waals surface area contributed by atoms with Crippen molar-refractivity contribution in [1.82, 2.24) is 15.6 Å². The molecule has 9 heteroatoms. The molecule has 1 fully saturated rings. The highest BCUT2D eigenvalue weighted by Gasteiger charge is 2.33. The van der Waals surface area contributed by atoms with Crippen LogP contribution in [0.2, 0.25) is 0 Å². The van der Waals surface area contributed by atoms with Crippen LogP contribution in [0.3, 0.4) is 0 Å². The molecule has 3 aromatic rings. The molecule has 7 nitrogen and oxygen atoms in total. The van der Waals surface area contributed by atoms with Crippen LogP contribution in [0.4, 0.5) is 21.9 Å². The summed E-state index contributed by atoms with van der Waals surface area (Å²) in [6.07, 6.45) is 3.66. The Morgan fingerprint density at radius 1 is 1.34 bits per heavy atom. The van der Waals surface area contributed by atoms with Crippen molar-refractivity contribution in [3.8, 4) is 0 Å². The number of hydrogen-bond donors (Lipinski definition) is 3. The van der Waals surface area contributed by atoms with E-state index in [9.17, 15) is 9.59 Å². The van der Waals surface area contributed by atoms with Crippen molar-refractivity contribution in [3.63, 3.8) is 0 Å². The van der Waals surface area contributed by atoms with Crippen molar-refractivity contribution in [2.45, 2.75) is 18.9 Å². The standard InChI is InChI=1S/C20H18BrN5O2S/c21-11-3-1-5-13(9-11)26-14-6-8-23-19-15(14)16(25-20(26)28)17(29-19)18(27)24-12-4-2-7-22-10-12/h1,3,5-6,8-9,12,22H,2,4,7,10H2,(H,24,27)(H,25,28). The van der Waals surface area contributed by atoms with Crippen molar-refractivity contribution >= 4 is 66.5 Å². The lowest BCUT2D eigenvalue weighted by atomic mass is 10.1. The maximum atomic E-state index is 13.0. The molecule has 148 valence electrons. The highest BCUT2D eigenvalue weighted by Crippen LogP contribution is 2.45. The molecule has 0 spiro atoms. The van der Waals surface area contributed by atoms with Gasteiger partial charge in [-0.1, -0.05) is 22.0 Å². The molecule has 1 saturated heterocycles. The zero-order chi connectivity index (χ0) is 20.0. The number of carbonyl (C=O) groups is 2. The predicted molar refractivity (Wildman–Crippen MR) is 118 cm³/mol. The van der Waals surface area contributed by atoms with Crippen molar-refractivity contribution in [3.05, 3.63) is 45.9 Å². The first-order chi connectivity index (χ1) is 14.1. The Bertz CT molecular complexity index is 1130. The number of nitrogens with zero attached hydrogens (tertiary/aromatic N) is 2. The summed E-state index contributed by atoms with van der Waals surface area (Å²) in [6.45, 7) is 1.74. The number of benzene rings is 1. The molecule has 3 amide bonds. The number of nitrogens with one attached hydrogen (secondary N) is 3. The summed E-state index contributed by atoms with van der Waals surface area (Å²) < 4.78 is 0.880. The second kappa shape index (κ2) is 7.40. The Labute approximate surface area is 179 Å². The molecule has 2 aliphatic rings. The Morgan fingerprint density at radius 2 is 2.24 bits per heavy atom. The fourth-order valence-electron chi connectivity index (χ4n) is 3.84. The van der Waals surface area contributed by atoms with Gasteiger partial charge in [-0.05, 0) is 43.7 Å². The van der Waals surface area contributed by atoms with E-state index < -0.39 is 0 Å². The molecule has 29 heavy (non-hydrogen) atoms. The largest absolute Gasteiger partial charge is 0.347 e. The van der Waals surface area contributed by atoms with E-state index in [1.807, 2.05) is 30.3 Å². The summed E-state index contributed by atoms with van der Waals surface area (Å²) in [5.74, 6) is -0.168. The van der Waals surface area contributed by atoms with Crippen LogP contribution in [0.5, 0.6) is 0 Å². The molecule has 2 aromatic heterocycles. The molecule has 0 saturated carbocycles. The zero-order valence-corrected chi connectivity index (χ0v) is 17.8. The van der Waals surface area contributed by atoms with E-state index >= 15 is 0 Å². The number of halogens is 1. The lowest BCUT2D eigenvalue weighted by molar-refractivity contribution is 0.0935. The van der Waals surface area contributed by atoms with Crippen LogP contribution in [0, 0.1) is 0 Å². The van der Waals surface area contributed by atoms with Gasteiger partial charge in [-0.2, -0.15) is 0 Å². The number of hydrogen-bond acceptors (Lipinski definition) is 5. The summed E-state index contributed by atoms with van der Waals surface area (Å²) in [7, 11) is 0. The van der Waals surface area contributed by atoms with Crippen molar-refractivity contribution in [2.24, 2.45) is 0 Å². The average Bonchev–Trinajstić information content (AvgIpc) is 3.09. The summed E-state index contributed by atoms with van der Waals surface area (Å²) in [4.78, 5) is 33.3. The van der Waals surface area contributed by atoms with Crippen molar-refractivity contribution in [2.75, 3.05) is 23.3 Å². The minimum absolute atomic E-state index is 0.0959. The Morgan fingerprint density at radius 3 is 3.03 bits per heavy atom. The van der Waals surface area contributed by atoms with Gasteiger partial charge in [-0.25, -0.2) is 9.78 Å². The zero-order valence-electron chi connectivity index (χ0n) is 15.4. The number of piperidine rings is 1. The molecule has 1 aromatic carbocycles. The number of anilines is 3. The van der Waals surface area contributed by atoms with Crippen molar-refractivity contribution in [1.29, 1.82) is 0 Å². The van der Waals surface area contributed by atoms with Crippen LogP contribution in [0.25, 0.3) is 10.2 Å². The van der Waals surface area contributed by atoms with E-state index in [4.69, 9.17) is 0 Å². The number of thiophene rings is 1. The van der Waals surface area contributed by atoms with Gasteiger partial charge in [0, 0.05) is 23.3 Å². The SMILES string of the molecule is O=C(NC1CCCNC1)c1sc2nccc3c2c1NC(=O)N3c1cccc(Br)c1. The second-order valence-corrected chi connectivity index (χ2v) is 8.99. The molecule has 0 aliphatic carbocycles. The van der Waals surface area contributed by atoms with Crippen LogP contribution in [0.1, 0.15) is 22.5 Å². The van der Waals surface area contributed by atoms with E-state index in [0.29, 0.717) is 10.6 Å². The molecule has 0 bridgehead atoms. The van der Waals surface area contributed by atoms with Crippen LogP contribution in [-0.2, 0) is 0 Å².